The first-order valence-electron chi connectivity index (χ1n) is 5.45. The van der Waals surface area contributed by atoms with Gasteiger partial charge < -0.3 is 4.74 Å². The summed E-state index contributed by atoms with van der Waals surface area (Å²) in [5, 5.41) is -0.363. The van der Waals surface area contributed by atoms with Crippen molar-refractivity contribution in [2.45, 2.75) is 5.38 Å². The number of methoxy groups -OCH3 is 1. The molecule has 2 aromatic carbocycles. The van der Waals surface area contributed by atoms with Gasteiger partial charge in [-0.05, 0) is 51.3 Å². The summed E-state index contributed by atoms with van der Waals surface area (Å²) in [4.78, 5) is 0. The van der Waals surface area contributed by atoms with Crippen LogP contribution in [0.2, 0.25) is 5.02 Å². The van der Waals surface area contributed by atoms with Crippen molar-refractivity contribution in [3.63, 3.8) is 0 Å². The first-order chi connectivity index (χ1) is 9.02. The lowest BCUT2D eigenvalue weighted by Crippen LogP contribution is -1.95. The second kappa shape index (κ2) is 6.12. The molecule has 0 saturated heterocycles. The van der Waals surface area contributed by atoms with E-state index in [1.807, 2.05) is 12.1 Å². The molecule has 2 rings (SSSR count). The molecule has 100 valence electrons. The maximum Gasteiger partial charge on any atom is 0.142 e. The number of ether oxygens (including phenoxy) is 1. The molecule has 0 fully saturated rings. The maximum atomic E-state index is 13.4. The van der Waals surface area contributed by atoms with Gasteiger partial charge in [-0.3, -0.25) is 0 Å². The van der Waals surface area contributed by atoms with Crippen LogP contribution in [0.1, 0.15) is 16.5 Å². The molecule has 1 unspecified atom stereocenters. The van der Waals surface area contributed by atoms with Crippen LogP contribution in [0.4, 0.5) is 4.39 Å². The molecule has 19 heavy (non-hydrogen) atoms. The predicted octanol–water partition coefficient (Wildman–Crippen LogP) is 5.58. The summed E-state index contributed by atoms with van der Waals surface area (Å²) < 4.78 is 19.4. The lowest BCUT2D eigenvalue weighted by atomic mass is 10.0. The molecular weight excluding hydrogens is 354 g/mol. The molecule has 0 aromatic heterocycles. The minimum Gasteiger partial charge on any atom is -0.496 e. The van der Waals surface area contributed by atoms with Crippen LogP contribution in [0.25, 0.3) is 0 Å². The van der Waals surface area contributed by atoms with Crippen LogP contribution >= 0.6 is 39.1 Å². The van der Waals surface area contributed by atoms with E-state index < -0.39 is 11.2 Å². The Balaban J connectivity index is 2.35. The first-order valence-corrected chi connectivity index (χ1v) is 7.06. The van der Waals surface area contributed by atoms with Crippen LogP contribution < -0.4 is 4.74 Å². The summed E-state index contributed by atoms with van der Waals surface area (Å²) in [5.41, 5.74) is 1.50. The molecule has 0 amide bonds. The number of hydrogen-bond donors (Lipinski definition) is 0. The molecule has 0 aliphatic rings. The monoisotopic (exact) mass is 362 g/mol. The highest BCUT2D eigenvalue weighted by molar-refractivity contribution is 9.10. The Morgan fingerprint density at radius 2 is 1.79 bits per heavy atom. The Hall–Kier alpha value is -0.770. The SMILES string of the molecule is COc1ccc(C(Cl)c2ccc(Cl)c(F)c2)cc1Br. The van der Waals surface area contributed by atoms with Crippen LogP contribution in [0.5, 0.6) is 5.75 Å². The summed E-state index contributed by atoms with van der Waals surface area (Å²) in [6.07, 6.45) is 0. The zero-order chi connectivity index (χ0) is 14.0. The normalized spacial score (nSPS) is 12.3. The van der Waals surface area contributed by atoms with E-state index in [-0.39, 0.29) is 5.02 Å². The van der Waals surface area contributed by atoms with E-state index in [4.69, 9.17) is 27.9 Å². The molecule has 0 spiro atoms. The average molecular weight is 364 g/mol. The highest BCUT2D eigenvalue weighted by atomic mass is 79.9. The topological polar surface area (TPSA) is 9.23 Å². The number of halogens is 4. The van der Waals surface area contributed by atoms with Gasteiger partial charge in [-0.15, -0.1) is 11.6 Å². The van der Waals surface area contributed by atoms with Gasteiger partial charge >= 0.3 is 0 Å². The molecule has 0 aliphatic carbocycles. The van der Waals surface area contributed by atoms with Gasteiger partial charge in [-0.25, -0.2) is 4.39 Å². The van der Waals surface area contributed by atoms with Crippen molar-refractivity contribution >= 4 is 39.1 Å². The fraction of sp³-hybridized carbons (Fsp3) is 0.143. The first kappa shape index (κ1) is 14.6. The highest BCUT2D eigenvalue weighted by Crippen LogP contribution is 2.34. The van der Waals surface area contributed by atoms with Crippen molar-refractivity contribution in [3.8, 4) is 5.75 Å². The van der Waals surface area contributed by atoms with Gasteiger partial charge in [0.1, 0.15) is 11.6 Å². The van der Waals surface area contributed by atoms with Gasteiger partial charge in [0, 0.05) is 0 Å². The molecule has 0 N–H and O–H groups in total. The van der Waals surface area contributed by atoms with Crippen molar-refractivity contribution in [1.82, 2.24) is 0 Å². The highest BCUT2D eigenvalue weighted by Gasteiger charge is 2.14. The van der Waals surface area contributed by atoms with Crippen molar-refractivity contribution in [2.24, 2.45) is 0 Å². The van der Waals surface area contributed by atoms with Gasteiger partial charge in [-0.1, -0.05) is 23.7 Å². The molecule has 0 bridgehead atoms. The molecule has 2 aromatic rings. The summed E-state index contributed by atoms with van der Waals surface area (Å²) >= 11 is 15.4. The fourth-order valence-electron chi connectivity index (χ4n) is 1.70. The van der Waals surface area contributed by atoms with E-state index in [1.54, 1.807) is 19.2 Å². The smallest absolute Gasteiger partial charge is 0.142 e. The third-order valence-electron chi connectivity index (χ3n) is 2.70. The van der Waals surface area contributed by atoms with Crippen LogP contribution in [0.15, 0.2) is 40.9 Å². The van der Waals surface area contributed by atoms with Gasteiger partial charge in [0.25, 0.3) is 0 Å². The van der Waals surface area contributed by atoms with Gasteiger partial charge in [0.05, 0.1) is 22.0 Å². The predicted molar refractivity (Wildman–Crippen MR) is 79.8 cm³/mol. The molecular formula is C14H10BrCl2FO. The quantitative estimate of drug-likeness (QED) is 0.647. The van der Waals surface area contributed by atoms with Crippen molar-refractivity contribution in [3.05, 3.63) is 62.8 Å². The van der Waals surface area contributed by atoms with Crippen LogP contribution in [-0.2, 0) is 0 Å². The third kappa shape index (κ3) is 3.22. The Morgan fingerprint density at radius 1 is 1.16 bits per heavy atom. The number of alkyl halides is 1. The molecule has 1 nitrogen and oxygen atoms in total. The van der Waals surface area contributed by atoms with E-state index in [0.717, 1.165) is 15.8 Å². The zero-order valence-corrected chi connectivity index (χ0v) is 13.1. The van der Waals surface area contributed by atoms with Gasteiger partial charge in [-0.2, -0.15) is 0 Å². The summed E-state index contributed by atoms with van der Waals surface area (Å²) in [5.74, 6) is 0.243. The van der Waals surface area contributed by atoms with Crippen molar-refractivity contribution in [1.29, 1.82) is 0 Å². The minimum atomic E-state index is -0.475. The third-order valence-corrected chi connectivity index (χ3v) is 4.14. The maximum absolute atomic E-state index is 13.4. The molecule has 1 atom stereocenters. The summed E-state index contributed by atoms with van der Waals surface area (Å²) in [6, 6.07) is 10.1. The standard InChI is InChI=1S/C14H10BrCl2FO/c1-19-13-5-3-8(6-10(13)15)14(17)9-2-4-11(16)12(18)7-9/h2-7,14H,1H3. The Labute approximate surface area is 129 Å². The number of rotatable bonds is 3. The summed E-state index contributed by atoms with van der Waals surface area (Å²) in [7, 11) is 1.59. The Kier molecular flexibility index (Phi) is 4.71. The van der Waals surface area contributed by atoms with Crippen LogP contribution in [0, 0.1) is 5.82 Å². The van der Waals surface area contributed by atoms with Gasteiger partial charge in [0.2, 0.25) is 0 Å². The Bertz CT molecular complexity index is 604. The van der Waals surface area contributed by atoms with E-state index >= 15 is 0 Å². The Morgan fingerprint density at radius 3 is 2.37 bits per heavy atom. The van der Waals surface area contributed by atoms with E-state index in [2.05, 4.69) is 15.9 Å². The molecule has 0 radical (unpaired) electrons. The second-order valence-corrected chi connectivity index (χ2v) is 5.63. The molecule has 5 heteroatoms. The van der Waals surface area contributed by atoms with E-state index in [9.17, 15) is 4.39 Å². The van der Waals surface area contributed by atoms with Crippen molar-refractivity contribution < 1.29 is 9.13 Å². The van der Waals surface area contributed by atoms with Crippen LogP contribution in [0.3, 0.4) is 0 Å². The van der Waals surface area contributed by atoms with Gasteiger partial charge in [0.15, 0.2) is 0 Å². The van der Waals surface area contributed by atoms with Crippen LogP contribution in [-0.4, -0.2) is 7.11 Å². The molecule has 0 aliphatic heterocycles. The fourth-order valence-corrected chi connectivity index (χ4v) is 2.65. The average Bonchev–Trinajstić information content (AvgIpc) is 2.41. The van der Waals surface area contributed by atoms with E-state index in [0.29, 0.717) is 5.56 Å². The number of benzene rings is 2. The largest absolute Gasteiger partial charge is 0.496 e. The minimum absolute atomic E-state index is 0.0866. The van der Waals surface area contributed by atoms with Crippen molar-refractivity contribution in [2.75, 3.05) is 7.11 Å². The van der Waals surface area contributed by atoms with E-state index in [1.165, 1.54) is 12.1 Å². The molecule has 0 heterocycles. The molecule has 0 saturated carbocycles. The zero-order valence-electron chi connectivity index (χ0n) is 9.96. The second-order valence-electron chi connectivity index (χ2n) is 3.93. The lowest BCUT2D eigenvalue weighted by molar-refractivity contribution is 0.412. The number of hydrogen-bond acceptors (Lipinski definition) is 1. The lowest BCUT2D eigenvalue weighted by Gasteiger charge is -2.12. The summed E-state index contributed by atoms with van der Waals surface area (Å²) in [6.45, 7) is 0.